The highest BCUT2D eigenvalue weighted by Crippen LogP contribution is 2.29. The van der Waals surface area contributed by atoms with Crippen LogP contribution in [0.3, 0.4) is 0 Å². The summed E-state index contributed by atoms with van der Waals surface area (Å²) in [6.07, 6.45) is 0. The molecule has 0 aromatic carbocycles. The molecule has 0 aliphatic carbocycles. The van der Waals surface area contributed by atoms with Gasteiger partial charge in [-0.3, -0.25) is 0 Å². The SMILES string of the molecule is COCCOCN(c1noc(C)c1C)S(=O)(=O)c1cccs1. The van der Waals surface area contributed by atoms with E-state index in [1.807, 2.05) is 0 Å². The molecule has 0 saturated heterocycles. The maximum atomic E-state index is 12.8. The fourth-order valence-electron chi connectivity index (χ4n) is 1.69. The number of thiophene rings is 1. The molecule has 0 spiro atoms. The summed E-state index contributed by atoms with van der Waals surface area (Å²) in [4.78, 5) is 0. The molecule has 0 atom stereocenters. The molecule has 2 rings (SSSR count). The molecular formula is C13H18N2O5S2. The molecule has 2 aromatic heterocycles. The second-order valence-electron chi connectivity index (χ2n) is 4.50. The Labute approximate surface area is 133 Å². The van der Waals surface area contributed by atoms with Gasteiger partial charge < -0.3 is 14.0 Å². The van der Waals surface area contributed by atoms with Gasteiger partial charge in [-0.25, -0.2) is 12.7 Å². The lowest BCUT2D eigenvalue weighted by Crippen LogP contribution is -2.34. The van der Waals surface area contributed by atoms with Gasteiger partial charge >= 0.3 is 0 Å². The predicted molar refractivity (Wildman–Crippen MR) is 82.7 cm³/mol. The molecule has 0 amide bonds. The van der Waals surface area contributed by atoms with Gasteiger partial charge in [-0.05, 0) is 25.3 Å². The average molecular weight is 346 g/mol. The van der Waals surface area contributed by atoms with Crippen LogP contribution < -0.4 is 4.31 Å². The Hall–Kier alpha value is -1.42. The van der Waals surface area contributed by atoms with Crippen molar-refractivity contribution in [2.75, 3.05) is 31.4 Å². The molecule has 0 aliphatic rings. The second-order valence-corrected chi connectivity index (χ2v) is 7.54. The summed E-state index contributed by atoms with van der Waals surface area (Å²) >= 11 is 1.14. The molecule has 0 radical (unpaired) electrons. The van der Waals surface area contributed by atoms with E-state index in [4.69, 9.17) is 14.0 Å². The maximum absolute atomic E-state index is 12.8. The molecule has 0 aliphatic heterocycles. The molecule has 0 bridgehead atoms. The Morgan fingerprint density at radius 3 is 2.68 bits per heavy atom. The zero-order valence-electron chi connectivity index (χ0n) is 12.6. The summed E-state index contributed by atoms with van der Waals surface area (Å²) in [7, 11) is -2.19. The Bertz CT molecular complexity index is 694. The Kier molecular flexibility index (Phi) is 5.57. The minimum absolute atomic E-state index is 0.156. The quantitative estimate of drug-likeness (QED) is 0.538. The summed E-state index contributed by atoms with van der Waals surface area (Å²) < 4.78 is 42.2. The van der Waals surface area contributed by atoms with Crippen LogP contribution in [0.1, 0.15) is 11.3 Å². The van der Waals surface area contributed by atoms with Gasteiger partial charge in [0.2, 0.25) is 0 Å². The van der Waals surface area contributed by atoms with Crippen LogP contribution in [0.15, 0.2) is 26.2 Å². The van der Waals surface area contributed by atoms with Gasteiger partial charge in [0.05, 0.1) is 13.2 Å². The van der Waals surface area contributed by atoms with Crippen LogP contribution in [-0.4, -0.2) is 40.6 Å². The monoisotopic (exact) mass is 346 g/mol. The lowest BCUT2D eigenvalue weighted by molar-refractivity contribution is 0.0753. The van der Waals surface area contributed by atoms with Crippen LogP contribution in [0.4, 0.5) is 5.82 Å². The van der Waals surface area contributed by atoms with Gasteiger partial charge in [0.1, 0.15) is 16.7 Å². The van der Waals surface area contributed by atoms with Gasteiger partial charge in [0, 0.05) is 12.7 Å². The highest BCUT2D eigenvalue weighted by Gasteiger charge is 2.30. The summed E-state index contributed by atoms with van der Waals surface area (Å²) in [6, 6.07) is 3.23. The van der Waals surface area contributed by atoms with Crippen LogP contribution in [0, 0.1) is 13.8 Å². The number of hydrogen-bond donors (Lipinski definition) is 0. The van der Waals surface area contributed by atoms with Gasteiger partial charge in [-0.15, -0.1) is 11.3 Å². The number of methoxy groups -OCH3 is 1. The van der Waals surface area contributed by atoms with Crippen molar-refractivity contribution >= 4 is 27.2 Å². The number of anilines is 1. The van der Waals surface area contributed by atoms with Gasteiger partial charge in [-0.1, -0.05) is 11.2 Å². The lowest BCUT2D eigenvalue weighted by Gasteiger charge is -2.21. The minimum atomic E-state index is -3.74. The molecule has 2 aromatic rings. The fourth-order valence-corrected chi connectivity index (χ4v) is 4.14. The summed E-state index contributed by atoms with van der Waals surface area (Å²) in [5.74, 6) is 0.807. The average Bonchev–Trinajstić information content (AvgIpc) is 3.12. The van der Waals surface area contributed by atoms with Crippen LogP contribution in [0.2, 0.25) is 0 Å². The van der Waals surface area contributed by atoms with E-state index in [2.05, 4.69) is 5.16 Å². The van der Waals surface area contributed by atoms with E-state index < -0.39 is 10.0 Å². The zero-order chi connectivity index (χ0) is 16.2. The second kappa shape index (κ2) is 7.23. The molecule has 22 heavy (non-hydrogen) atoms. The van der Waals surface area contributed by atoms with Crippen molar-refractivity contribution in [3.8, 4) is 0 Å². The Morgan fingerprint density at radius 1 is 1.36 bits per heavy atom. The van der Waals surface area contributed by atoms with Crippen LogP contribution in [0.5, 0.6) is 0 Å². The molecule has 0 fully saturated rings. The number of aromatic nitrogens is 1. The fraction of sp³-hybridized carbons (Fsp3) is 0.462. The number of ether oxygens (including phenoxy) is 2. The van der Waals surface area contributed by atoms with Gasteiger partial charge in [-0.2, -0.15) is 0 Å². The van der Waals surface area contributed by atoms with Gasteiger partial charge in [0.15, 0.2) is 5.82 Å². The molecule has 7 nitrogen and oxygen atoms in total. The smallest absolute Gasteiger partial charge is 0.277 e. The first-order chi connectivity index (χ1) is 10.5. The molecule has 0 unspecified atom stereocenters. The summed E-state index contributed by atoms with van der Waals surface area (Å²) in [6.45, 7) is 3.99. The third-order valence-electron chi connectivity index (χ3n) is 3.05. The molecule has 122 valence electrons. The number of aryl methyl sites for hydroxylation is 1. The molecule has 0 saturated carbocycles. The van der Waals surface area contributed by atoms with E-state index in [1.165, 1.54) is 0 Å². The molecule has 2 heterocycles. The summed E-state index contributed by atoms with van der Waals surface area (Å²) in [5, 5.41) is 5.56. The van der Waals surface area contributed by atoms with Crippen molar-refractivity contribution < 1.29 is 22.4 Å². The van der Waals surface area contributed by atoms with Crippen LogP contribution in [0.25, 0.3) is 0 Å². The third-order valence-corrected chi connectivity index (χ3v) is 6.13. The van der Waals surface area contributed by atoms with E-state index in [-0.39, 0.29) is 23.4 Å². The molecule has 9 heteroatoms. The first kappa shape index (κ1) is 16.9. The standard InChI is InChI=1S/C13H18N2O5S2/c1-10-11(2)20-14-13(10)15(9-19-7-6-18-3)22(16,17)12-5-4-8-21-12/h4-5,8H,6-7,9H2,1-3H3. The van der Waals surface area contributed by atoms with E-state index >= 15 is 0 Å². The van der Waals surface area contributed by atoms with Crippen molar-refractivity contribution in [3.63, 3.8) is 0 Å². The van der Waals surface area contributed by atoms with Crippen molar-refractivity contribution in [2.24, 2.45) is 0 Å². The van der Waals surface area contributed by atoms with E-state index in [0.29, 0.717) is 17.9 Å². The van der Waals surface area contributed by atoms with Gasteiger partial charge in [0.25, 0.3) is 10.0 Å². The minimum Gasteiger partial charge on any atom is -0.382 e. The Morgan fingerprint density at radius 2 is 2.14 bits per heavy atom. The number of sulfonamides is 1. The topological polar surface area (TPSA) is 81.9 Å². The van der Waals surface area contributed by atoms with Crippen molar-refractivity contribution in [3.05, 3.63) is 28.8 Å². The van der Waals surface area contributed by atoms with E-state index in [0.717, 1.165) is 15.6 Å². The molecular weight excluding hydrogens is 328 g/mol. The Balaban J connectivity index is 2.31. The van der Waals surface area contributed by atoms with Crippen molar-refractivity contribution in [2.45, 2.75) is 18.1 Å². The first-order valence-corrected chi connectivity index (χ1v) is 8.86. The number of rotatable bonds is 8. The maximum Gasteiger partial charge on any atom is 0.277 e. The molecule has 0 N–H and O–H groups in total. The largest absolute Gasteiger partial charge is 0.382 e. The zero-order valence-corrected chi connectivity index (χ0v) is 14.2. The normalized spacial score (nSPS) is 11.8. The van der Waals surface area contributed by atoms with Crippen LogP contribution >= 0.6 is 11.3 Å². The lowest BCUT2D eigenvalue weighted by atomic mass is 10.3. The van der Waals surface area contributed by atoms with Crippen LogP contribution in [-0.2, 0) is 19.5 Å². The van der Waals surface area contributed by atoms with E-state index in [1.54, 1.807) is 38.5 Å². The third kappa shape index (κ3) is 3.49. The number of nitrogens with zero attached hydrogens (tertiary/aromatic N) is 2. The van der Waals surface area contributed by atoms with Crippen molar-refractivity contribution in [1.82, 2.24) is 5.16 Å². The predicted octanol–water partition coefficient (Wildman–Crippen LogP) is 2.17. The number of hydrogen-bond acceptors (Lipinski definition) is 7. The highest BCUT2D eigenvalue weighted by atomic mass is 32.2. The van der Waals surface area contributed by atoms with E-state index in [9.17, 15) is 8.42 Å². The highest BCUT2D eigenvalue weighted by molar-refractivity contribution is 7.94. The van der Waals surface area contributed by atoms with Crippen molar-refractivity contribution in [1.29, 1.82) is 0 Å². The first-order valence-electron chi connectivity index (χ1n) is 6.54. The summed E-state index contributed by atoms with van der Waals surface area (Å²) in [5.41, 5.74) is 0.662.